The molecule has 104 valence electrons. The Morgan fingerprint density at radius 2 is 1.12 bits per heavy atom. The van der Waals surface area contributed by atoms with Gasteiger partial charge in [0, 0.05) is 0 Å². The van der Waals surface area contributed by atoms with Crippen molar-refractivity contribution in [3.63, 3.8) is 0 Å². The first-order valence-electron chi connectivity index (χ1n) is 6.51. The van der Waals surface area contributed by atoms with Gasteiger partial charge in [-0.1, -0.05) is 64.7 Å². The van der Waals surface area contributed by atoms with Gasteiger partial charge < -0.3 is 0 Å². The molecule has 0 atom stereocenters. The van der Waals surface area contributed by atoms with Crippen molar-refractivity contribution in [2.45, 2.75) is 71.1 Å². The molecule has 1 N–H and O–H groups in total. The average molecular weight is 368 g/mol. The van der Waals surface area contributed by atoms with E-state index in [1.807, 2.05) is 0 Å². The van der Waals surface area contributed by atoms with Gasteiger partial charge in [0.25, 0.3) is 10.1 Å². The average Bonchev–Trinajstić information content (AvgIpc) is 2.19. The van der Waals surface area contributed by atoms with Gasteiger partial charge in [0.2, 0.25) is 0 Å². The van der Waals surface area contributed by atoms with Crippen molar-refractivity contribution in [2.75, 3.05) is 5.75 Å². The zero-order chi connectivity index (χ0) is 12.3. The molecule has 0 aliphatic carbocycles. The molecule has 0 saturated carbocycles. The SMILES string of the molecule is CCCCCCCCCCCCS(=O)(=O)O.[InH3]. The van der Waals surface area contributed by atoms with E-state index in [1.165, 1.54) is 44.9 Å². The third-order valence-electron chi connectivity index (χ3n) is 2.76. The third-order valence-corrected chi connectivity index (χ3v) is 3.56. The summed E-state index contributed by atoms with van der Waals surface area (Å²) in [6.07, 6.45) is 11.7. The Bertz CT molecular complexity index is 240. The fraction of sp³-hybridized carbons (Fsp3) is 1.00. The van der Waals surface area contributed by atoms with Crippen LogP contribution in [0.2, 0.25) is 0 Å². The standard InChI is InChI=1S/C12H26O3S.In.3H/c1-2-3-4-5-6-7-8-9-10-11-12-16(13,14)15;;;;/h2-12H2,1H3,(H,13,14,15);;;;. The number of unbranched alkanes of at least 4 members (excludes halogenated alkanes) is 9. The summed E-state index contributed by atoms with van der Waals surface area (Å²) in [5.41, 5.74) is 0. The molecule has 0 bridgehead atoms. The molecule has 3 nitrogen and oxygen atoms in total. The number of rotatable bonds is 11. The van der Waals surface area contributed by atoms with Crippen LogP contribution in [0.3, 0.4) is 0 Å². The maximum absolute atomic E-state index is 10.4. The molecule has 0 aromatic carbocycles. The zero-order valence-electron chi connectivity index (χ0n) is 10.5. The van der Waals surface area contributed by atoms with Crippen LogP contribution in [-0.2, 0) is 10.1 Å². The molecule has 0 saturated heterocycles. The predicted octanol–water partition coefficient (Wildman–Crippen LogP) is 2.61. The van der Waals surface area contributed by atoms with Crippen molar-refractivity contribution in [1.82, 2.24) is 0 Å². The van der Waals surface area contributed by atoms with E-state index in [2.05, 4.69) is 6.92 Å². The Hall–Kier alpha value is 0.780. The number of hydrogen-bond donors (Lipinski definition) is 1. The summed E-state index contributed by atoms with van der Waals surface area (Å²) < 4.78 is 29.4. The summed E-state index contributed by atoms with van der Waals surface area (Å²) in [5.74, 6) is -0.0799. The molecule has 0 unspecified atom stereocenters. The molecule has 0 aliphatic heterocycles. The van der Waals surface area contributed by atoms with Gasteiger partial charge in [-0.15, -0.1) is 0 Å². The van der Waals surface area contributed by atoms with Gasteiger partial charge in [-0.25, -0.2) is 0 Å². The molecule has 0 amide bonds. The quantitative estimate of drug-likeness (QED) is 0.451. The molecule has 0 rings (SSSR count). The first-order chi connectivity index (χ1) is 7.56. The summed E-state index contributed by atoms with van der Waals surface area (Å²) in [4.78, 5) is 0. The van der Waals surface area contributed by atoms with E-state index in [0.29, 0.717) is 6.42 Å². The molecule has 17 heavy (non-hydrogen) atoms. The van der Waals surface area contributed by atoms with Crippen LogP contribution in [0.1, 0.15) is 71.1 Å². The summed E-state index contributed by atoms with van der Waals surface area (Å²) >= 11 is 0. The Kier molecular flexibility index (Phi) is 15.6. The molecular formula is C12H29InO3S. The minimum atomic E-state index is -3.73. The fourth-order valence-electron chi connectivity index (χ4n) is 1.77. The van der Waals surface area contributed by atoms with Crippen molar-refractivity contribution >= 4 is 36.0 Å². The molecule has 0 heterocycles. The van der Waals surface area contributed by atoms with Crippen LogP contribution in [-0.4, -0.2) is 44.6 Å². The first kappa shape index (κ1) is 20.1. The summed E-state index contributed by atoms with van der Waals surface area (Å²) in [6.45, 7) is 2.22. The van der Waals surface area contributed by atoms with Crippen LogP contribution in [0.4, 0.5) is 0 Å². The van der Waals surface area contributed by atoms with Gasteiger partial charge in [-0.2, -0.15) is 8.42 Å². The van der Waals surface area contributed by atoms with Crippen molar-refractivity contribution < 1.29 is 13.0 Å². The van der Waals surface area contributed by atoms with Crippen LogP contribution in [0.25, 0.3) is 0 Å². The second-order valence-electron chi connectivity index (χ2n) is 4.47. The van der Waals surface area contributed by atoms with Gasteiger partial charge >= 0.3 is 25.8 Å². The summed E-state index contributed by atoms with van der Waals surface area (Å²) in [7, 11) is -3.73. The molecule has 5 heteroatoms. The number of hydrogen-bond acceptors (Lipinski definition) is 2. The Balaban J connectivity index is 0. The second-order valence-corrected chi connectivity index (χ2v) is 6.04. The van der Waals surface area contributed by atoms with E-state index in [9.17, 15) is 8.42 Å². The van der Waals surface area contributed by atoms with Crippen molar-refractivity contribution in [1.29, 1.82) is 0 Å². The molecule has 0 radical (unpaired) electrons. The van der Waals surface area contributed by atoms with Gasteiger partial charge in [0.15, 0.2) is 0 Å². The molecule has 0 aromatic heterocycles. The van der Waals surface area contributed by atoms with Gasteiger partial charge in [0.1, 0.15) is 0 Å². The Morgan fingerprint density at radius 1 is 0.765 bits per heavy atom. The fourth-order valence-corrected chi connectivity index (χ4v) is 2.34. The van der Waals surface area contributed by atoms with Gasteiger partial charge in [-0.3, -0.25) is 4.55 Å². The van der Waals surface area contributed by atoms with Crippen LogP contribution < -0.4 is 0 Å². The van der Waals surface area contributed by atoms with E-state index in [0.717, 1.165) is 12.8 Å². The maximum atomic E-state index is 10.4. The zero-order valence-corrected chi connectivity index (χ0v) is 11.3. The van der Waals surface area contributed by atoms with Gasteiger partial charge in [0.05, 0.1) is 5.75 Å². The predicted molar refractivity (Wildman–Crippen MR) is 78.2 cm³/mol. The van der Waals surface area contributed by atoms with Crippen LogP contribution in [0.5, 0.6) is 0 Å². The van der Waals surface area contributed by atoms with Crippen LogP contribution >= 0.6 is 0 Å². The second kappa shape index (κ2) is 13.2. The Morgan fingerprint density at radius 3 is 1.47 bits per heavy atom. The topological polar surface area (TPSA) is 54.4 Å². The van der Waals surface area contributed by atoms with E-state index >= 15 is 0 Å². The molecule has 0 aliphatic rings. The molecular weight excluding hydrogens is 339 g/mol. The van der Waals surface area contributed by atoms with Crippen molar-refractivity contribution in [3.8, 4) is 0 Å². The van der Waals surface area contributed by atoms with E-state index in [1.54, 1.807) is 0 Å². The van der Waals surface area contributed by atoms with Crippen molar-refractivity contribution in [2.24, 2.45) is 0 Å². The van der Waals surface area contributed by atoms with Gasteiger partial charge in [-0.05, 0) is 6.42 Å². The summed E-state index contributed by atoms with van der Waals surface area (Å²) in [6, 6.07) is 0. The molecule has 0 aromatic rings. The van der Waals surface area contributed by atoms with Crippen LogP contribution in [0, 0.1) is 0 Å². The van der Waals surface area contributed by atoms with E-state index in [4.69, 9.17) is 4.55 Å². The molecule has 0 spiro atoms. The van der Waals surface area contributed by atoms with Crippen LogP contribution in [0.15, 0.2) is 0 Å². The monoisotopic (exact) mass is 368 g/mol. The van der Waals surface area contributed by atoms with E-state index in [-0.39, 0.29) is 31.6 Å². The third kappa shape index (κ3) is 19.3. The normalized spacial score (nSPS) is 11.2. The van der Waals surface area contributed by atoms with E-state index < -0.39 is 10.1 Å². The Labute approximate surface area is 125 Å². The first-order valence-corrected chi connectivity index (χ1v) is 8.12. The molecule has 0 fully saturated rings. The summed E-state index contributed by atoms with van der Waals surface area (Å²) in [5, 5.41) is 0. The minimum absolute atomic E-state index is 0. The van der Waals surface area contributed by atoms with Crippen molar-refractivity contribution in [3.05, 3.63) is 0 Å².